The number of carbonyl (C=O) groups excluding carboxylic acids is 1. The minimum Gasteiger partial charge on any atom is -0.496 e. The minimum atomic E-state index is -0.513. The number of fused-ring (bicyclic) bond motifs is 1. The maximum absolute atomic E-state index is 12.1. The van der Waals surface area contributed by atoms with Crippen LogP contribution in [0.4, 0.5) is 0 Å². The Morgan fingerprint density at radius 3 is 2.78 bits per heavy atom. The largest absolute Gasteiger partial charge is 0.496 e. The van der Waals surface area contributed by atoms with Crippen LogP contribution in [0.1, 0.15) is 36.2 Å². The molecule has 0 atom stereocenters. The monoisotopic (exact) mass is 250 g/mol. The zero-order valence-corrected chi connectivity index (χ0v) is 10.9. The van der Waals surface area contributed by atoms with Crippen LogP contribution in [0.2, 0.25) is 0 Å². The van der Waals surface area contributed by atoms with Crippen molar-refractivity contribution in [1.29, 1.82) is 0 Å². The molecule has 98 valence electrons. The molecule has 1 aromatic carbocycles. The van der Waals surface area contributed by atoms with Crippen molar-refractivity contribution in [2.75, 3.05) is 13.7 Å². The average Bonchev–Trinajstić information content (AvgIpc) is 2.29. The number of aliphatic hydroxyl groups excluding tert-OH is 1. The lowest BCUT2D eigenvalue weighted by Gasteiger charge is -2.33. The summed E-state index contributed by atoms with van der Waals surface area (Å²) in [6.45, 7) is 3.76. The molecule has 1 aliphatic rings. The fourth-order valence-corrected chi connectivity index (χ4v) is 2.28. The van der Waals surface area contributed by atoms with Gasteiger partial charge < -0.3 is 14.6 Å². The molecule has 0 fully saturated rings. The molecule has 0 saturated carbocycles. The van der Waals surface area contributed by atoms with Crippen molar-refractivity contribution in [3.8, 4) is 11.5 Å². The normalized spacial score (nSPS) is 17.0. The third-order valence-corrected chi connectivity index (χ3v) is 3.06. The van der Waals surface area contributed by atoms with Gasteiger partial charge in [-0.3, -0.25) is 4.79 Å². The summed E-state index contributed by atoms with van der Waals surface area (Å²) in [7, 11) is 1.57. The molecular formula is C14H18O4. The highest BCUT2D eigenvalue weighted by Gasteiger charge is 2.34. The van der Waals surface area contributed by atoms with Crippen molar-refractivity contribution < 1.29 is 19.4 Å². The first kappa shape index (κ1) is 12.9. The Labute approximate surface area is 107 Å². The minimum absolute atomic E-state index is 0.00913. The summed E-state index contributed by atoms with van der Waals surface area (Å²) in [5.74, 6) is 1.28. The van der Waals surface area contributed by atoms with Crippen LogP contribution in [-0.2, 0) is 6.42 Å². The van der Waals surface area contributed by atoms with Gasteiger partial charge in [-0.25, -0.2) is 0 Å². The fourth-order valence-electron chi connectivity index (χ4n) is 2.28. The standard InChI is InChI=1S/C14H18O4/c1-14(2)8-11(16)9-4-5-12(17-3)10(6-7-15)13(9)18-14/h4-5,15H,6-8H2,1-3H3. The molecule has 1 aliphatic heterocycles. The molecule has 0 saturated heterocycles. The van der Waals surface area contributed by atoms with Crippen molar-refractivity contribution in [3.63, 3.8) is 0 Å². The number of benzene rings is 1. The lowest BCUT2D eigenvalue weighted by Crippen LogP contribution is -2.36. The van der Waals surface area contributed by atoms with Crippen LogP contribution in [-0.4, -0.2) is 30.2 Å². The molecule has 2 rings (SSSR count). The van der Waals surface area contributed by atoms with Gasteiger partial charge in [-0.15, -0.1) is 0 Å². The molecule has 0 aliphatic carbocycles. The van der Waals surface area contributed by atoms with Crippen LogP contribution in [0.25, 0.3) is 0 Å². The van der Waals surface area contributed by atoms with Crippen molar-refractivity contribution in [1.82, 2.24) is 0 Å². The van der Waals surface area contributed by atoms with E-state index in [9.17, 15) is 4.79 Å². The molecule has 1 aromatic rings. The quantitative estimate of drug-likeness (QED) is 0.891. The smallest absolute Gasteiger partial charge is 0.170 e. The predicted octanol–water partition coefficient (Wildman–Crippen LogP) is 1.97. The van der Waals surface area contributed by atoms with Gasteiger partial charge in [0.2, 0.25) is 0 Å². The van der Waals surface area contributed by atoms with E-state index in [1.54, 1.807) is 19.2 Å². The highest BCUT2D eigenvalue weighted by molar-refractivity contribution is 6.01. The third-order valence-electron chi connectivity index (χ3n) is 3.06. The molecule has 18 heavy (non-hydrogen) atoms. The van der Waals surface area contributed by atoms with Gasteiger partial charge in [-0.05, 0) is 26.0 Å². The molecule has 0 spiro atoms. The van der Waals surface area contributed by atoms with Crippen molar-refractivity contribution >= 4 is 5.78 Å². The Morgan fingerprint density at radius 2 is 2.17 bits per heavy atom. The summed E-state index contributed by atoms with van der Waals surface area (Å²) in [5, 5.41) is 9.14. The number of methoxy groups -OCH3 is 1. The maximum Gasteiger partial charge on any atom is 0.170 e. The number of hydrogen-bond donors (Lipinski definition) is 1. The molecule has 1 N–H and O–H groups in total. The van der Waals surface area contributed by atoms with Gasteiger partial charge in [0.05, 0.1) is 19.1 Å². The maximum atomic E-state index is 12.1. The Hall–Kier alpha value is -1.55. The summed E-state index contributed by atoms with van der Waals surface area (Å²) >= 11 is 0. The highest BCUT2D eigenvalue weighted by Crippen LogP contribution is 2.40. The molecule has 4 heteroatoms. The highest BCUT2D eigenvalue weighted by atomic mass is 16.5. The second-order valence-corrected chi connectivity index (χ2v) is 5.06. The summed E-state index contributed by atoms with van der Waals surface area (Å²) in [6.07, 6.45) is 0.778. The van der Waals surface area contributed by atoms with Crippen LogP contribution >= 0.6 is 0 Å². The molecule has 0 radical (unpaired) electrons. The fraction of sp³-hybridized carbons (Fsp3) is 0.500. The van der Waals surface area contributed by atoms with Gasteiger partial charge in [-0.1, -0.05) is 0 Å². The first-order chi connectivity index (χ1) is 8.48. The van der Waals surface area contributed by atoms with E-state index in [0.717, 1.165) is 5.56 Å². The first-order valence-electron chi connectivity index (χ1n) is 6.01. The van der Waals surface area contributed by atoms with E-state index < -0.39 is 5.60 Å². The van der Waals surface area contributed by atoms with Gasteiger partial charge in [0.15, 0.2) is 5.78 Å². The second kappa shape index (κ2) is 4.61. The van der Waals surface area contributed by atoms with Gasteiger partial charge in [-0.2, -0.15) is 0 Å². The summed E-state index contributed by atoms with van der Waals surface area (Å²) in [5.41, 5.74) is 0.831. The van der Waals surface area contributed by atoms with Gasteiger partial charge in [0.1, 0.15) is 17.1 Å². The van der Waals surface area contributed by atoms with E-state index in [1.165, 1.54) is 0 Å². The zero-order valence-electron chi connectivity index (χ0n) is 10.9. The average molecular weight is 250 g/mol. The number of aliphatic hydroxyl groups is 1. The zero-order chi connectivity index (χ0) is 13.3. The number of Topliss-reactive ketones (excluding diaryl/α,β-unsaturated/α-hetero) is 1. The molecule has 0 bridgehead atoms. The summed E-state index contributed by atoms with van der Waals surface area (Å²) in [4.78, 5) is 12.1. The van der Waals surface area contributed by atoms with Crippen LogP contribution in [0.3, 0.4) is 0 Å². The molecule has 1 heterocycles. The Bertz CT molecular complexity index is 477. The van der Waals surface area contributed by atoms with Gasteiger partial charge in [0, 0.05) is 18.6 Å². The van der Waals surface area contributed by atoms with E-state index in [1.807, 2.05) is 13.8 Å². The Kier molecular flexibility index (Phi) is 3.30. The molecule has 4 nitrogen and oxygen atoms in total. The second-order valence-electron chi connectivity index (χ2n) is 5.06. The Balaban J connectivity index is 2.57. The van der Waals surface area contributed by atoms with Crippen LogP contribution in [0.5, 0.6) is 11.5 Å². The molecule has 0 aromatic heterocycles. The molecular weight excluding hydrogens is 232 g/mol. The first-order valence-corrected chi connectivity index (χ1v) is 6.01. The number of ketones is 1. The van der Waals surface area contributed by atoms with E-state index in [4.69, 9.17) is 14.6 Å². The van der Waals surface area contributed by atoms with Crippen LogP contribution < -0.4 is 9.47 Å². The predicted molar refractivity (Wildman–Crippen MR) is 67.4 cm³/mol. The van der Waals surface area contributed by atoms with E-state index in [-0.39, 0.29) is 12.4 Å². The van der Waals surface area contributed by atoms with E-state index >= 15 is 0 Å². The molecule has 0 amide bonds. The SMILES string of the molecule is COc1ccc2c(c1CCO)OC(C)(C)CC2=O. The van der Waals surface area contributed by atoms with Crippen molar-refractivity contribution in [2.45, 2.75) is 32.3 Å². The Morgan fingerprint density at radius 1 is 1.44 bits per heavy atom. The number of carbonyl (C=O) groups is 1. The lowest BCUT2D eigenvalue weighted by molar-refractivity contribution is 0.0610. The number of ether oxygens (including phenoxy) is 2. The topological polar surface area (TPSA) is 55.8 Å². The van der Waals surface area contributed by atoms with Crippen LogP contribution in [0, 0.1) is 0 Å². The number of rotatable bonds is 3. The number of hydrogen-bond acceptors (Lipinski definition) is 4. The van der Waals surface area contributed by atoms with Gasteiger partial charge in [0.25, 0.3) is 0 Å². The molecule has 0 unspecified atom stereocenters. The third kappa shape index (κ3) is 2.20. The van der Waals surface area contributed by atoms with E-state index in [0.29, 0.717) is 29.9 Å². The lowest BCUT2D eigenvalue weighted by atomic mass is 9.90. The van der Waals surface area contributed by atoms with Gasteiger partial charge >= 0.3 is 0 Å². The van der Waals surface area contributed by atoms with E-state index in [2.05, 4.69) is 0 Å². The van der Waals surface area contributed by atoms with Crippen LogP contribution in [0.15, 0.2) is 12.1 Å². The summed E-state index contributed by atoms with van der Waals surface area (Å²) < 4.78 is 11.2. The summed E-state index contributed by atoms with van der Waals surface area (Å²) in [6, 6.07) is 3.48. The van der Waals surface area contributed by atoms with Crippen molar-refractivity contribution in [3.05, 3.63) is 23.3 Å². The van der Waals surface area contributed by atoms with Crippen molar-refractivity contribution in [2.24, 2.45) is 0 Å².